The molecule has 8 nitrogen and oxygen atoms in total. The van der Waals surface area contributed by atoms with Gasteiger partial charge >= 0.3 is 11.9 Å². The standard InChI is InChI=1S/C19H34O8/c1-7-22-8-9-23-10-11-25-19(6)18(26-16(5)21)14(3)13(2)17(27-19)12-24-15(4)20/h13-14,17-18H,7-12H2,1-6H3/t13-,14-,17?,18?,19-/m0/s1. The Balaban J connectivity index is 2.71. The molecule has 5 atom stereocenters. The van der Waals surface area contributed by atoms with Crippen LogP contribution in [0.1, 0.15) is 41.5 Å². The molecule has 1 fully saturated rings. The maximum absolute atomic E-state index is 11.6. The van der Waals surface area contributed by atoms with E-state index in [4.69, 9.17) is 28.4 Å². The number of carbonyl (C=O) groups excluding carboxylic acids is 2. The molecule has 1 saturated heterocycles. The van der Waals surface area contributed by atoms with E-state index in [1.54, 1.807) is 6.92 Å². The van der Waals surface area contributed by atoms with Gasteiger partial charge in [-0.25, -0.2) is 0 Å². The van der Waals surface area contributed by atoms with E-state index >= 15 is 0 Å². The van der Waals surface area contributed by atoms with Crippen LogP contribution in [-0.4, -0.2) is 69.6 Å². The lowest BCUT2D eigenvalue weighted by Crippen LogP contribution is -2.60. The van der Waals surface area contributed by atoms with Crippen LogP contribution in [0, 0.1) is 11.8 Å². The number of esters is 2. The van der Waals surface area contributed by atoms with Crippen molar-refractivity contribution in [2.75, 3.05) is 39.6 Å². The SMILES string of the molecule is CCOCCOCCO[C@@]1(C)OC(COC(C)=O)[C@@H](C)[C@H](C)C1OC(C)=O. The summed E-state index contributed by atoms with van der Waals surface area (Å²) in [6.07, 6.45) is -0.943. The van der Waals surface area contributed by atoms with Crippen LogP contribution < -0.4 is 0 Å². The first-order chi connectivity index (χ1) is 12.7. The largest absolute Gasteiger partial charge is 0.463 e. The van der Waals surface area contributed by atoms with Crippen LogP contribution in [0.15, 0.2) is 0 Å². The fourth-order valence-electron chi connectivity index (χ4n) is 3.13. The topological polar surface area (TPSA) is 89.5 Å². The number of hydrogen-bond acceptors (Lipinski definition) is 8. The van der Waals surface area contributed by atoms with Gasteiger partial charge in [0.2, 0.25) is 5.79 Å². The van der Waals surface area contributed by atoms with Gasteiger partial charge in [0.15, 0.2) is 6.10 Å². The average Bonchev–Trinajstić information content (AvgIpc) is 2.60. The third kappa shape index (κ3) is 7.73. The summed E-state index contributed by atoms with van der Waals surface area (Å²) in [6.45, 7) is 12.7. The van der Waals surface area contributed by atoms with E-state index in [1.807, 2.05) is 20.8 Å². The molecule has 1 rings (SSSR count). The lowest BCUT2D eigenvalue weighted by Gasteiger charge is -2.49. The van der Waals surface area contributed by atoms with Gasteiger partial charge < -0.3 is 28.4 Å². The molecule has 0 saturated carbocycles. The Morgan fingerprint density at radius 1 is 0.963 bits per heavy atom. The molecule has 1 aliphatic rings. The van der Waals surface area contributed by atoms with Gasteiger partial charge in [-0.2, -0.15) is 0 Å². The van der Waals surface area contributed by atoms with Gasteiger partial charge in [-0.3, -0.25) is 9.59 Å². The minimum atomic E-state index is -1.16. The zero-order valence-electron chi connectivity index (χ0n) is 17.3. The van der Waals surface area contributed by atoms with Crippen LogP contribution in [0.2, 0.25) is 0 Å². The minimum Gasteiger partial charge on any atom is -0.463 e. The summed E-state index contributed by atoms with van der Waals surface area (Å²) in [6, 6.07) is 0. The van der Waals surface area contributed by atoms with Gasteiger partial charge in [-0.15, -0.1) is 0 Å². The Kier molecular flexibility index (Phi) is 10.2. The molecule has 0 bridgehead atoms. The molecule has 158 valence electrons. The number of hydrogen-bond donors (Lipinski definition) is 0. The summed E-state index contributed by atoms with van der Waals surface area (Å²) >= 11 is 0. The molecule has 8 heteroatoms. The Morgan fingerprint density at radius 2 is 1.59 bits per heavy atom. The average molecular weight is 390 g/mol. The molecular formula is C19H34O8. The molecule has 1 heterocycles. The highest BCUT2D eigenvalue weighted by Crippen LogP contribution is 2.39. The van der Waals surface area contributed by atoms with Crippen LogP contribution in [0.5, 0.6) is 0 Å². The monoisotopic (exact) mass is 390 g/mol. The van der Waals surface area contributed by atoms with Crippen LogP contribution in [0.3, 0.4) is 0 Å². The van der Waals surface area contributed by atoms with Crippen LogP contribution >= 0.6 is 0 Å². The summed E-state index contributed by atoms with van der Waals surface area (Å²) in [5.74, 6) is -1.97. The first kappa shape index (κ1) is 23.8. The second kappa shape index (κ2) is 11.6. The van der Waals surface area contributed by atoms with Crippen LogP contribution in [0.25, 0.3) is 0 Å². The Labute approximate surface area is 161 Å². The third-order valence-electron chi connectivity index (χ3n) is 4.73. The summed E-state index contributed by atoms with van der Waals surface area (Å²) < 4.78 is 33.4. The minimum absolute atomic E-state index is 0.00724. The Morgan fingerprint density at radius 3 is 2.19 bits per heavy atom. The molecule has 27 heavy (non-hydrogen) atoms. The highest BCUT2D eigenvalue weighted by Gasteiger charge is 2.52. The molecule has 0 aromatic rings. The molecule has 0 N–H and O–H groups in total. The molecule has 0 spiro atoms. The highest BCUT2D eigenvalue weighted by molar-refractivity contribution is 5.66. The van der Waals surface area contributed by atoms with E-state index in [9.17, 15) is 9.59 Å². The molecule has 0 aromatic carbocycles. The van der Waals surface area contributed by atoms with E-state index in [1.165, 1.54) is 13.8 Å². The first-order valence-corrected chi connectivity index (χ1v) is 9.49. The maximum atomic E-state index is 11.6. The van der Waals surface area contributed by atoms with Crippen molar-refractivity contribution < 1.29 is 38.0 Å². The van der Waals surface area contributed by atoms with Gasteiger partial charge in [-0.1, -0.05) is 13.8 Å². The quantitative estimate of drug-likeness (QED) is 0.391. The normalized spacial score (nSPS) is 30.7. The van der Waals surface area contributed by atoms with Crippen molar-refractivity contribution in [1.82, 2.24) is 0 Å². The lowest BCUT2D eigenvalue weighted by atomic mass is 9.80. The fourth-order valence-corrected chi connectivity index (χ4v) is 3.13. The molecule has 0 aliphatic carbocycles. The summed E-state index contributed by atoms with van der Waals surface area (Å²) in [4.78, 5) is 22.7. The number of ether oxygens (including phenoxy) is 6. The second-order valence-electron chi connectivity index (χ2n) is 6.88. The van der Waals surface area contributed by atoms with E-state index in [-0.39, 0.29) is 37.1 Å². The number of carbonyl (C=O) groups is 2. The molecule has 1 aliphatic heterocycles. The van der Waals surface area contributed by atoms with Gasteiger partial charge in [0.05, 0.1) is 32.5 Å². The second-order valence-corrected chi connectivity index (χ2v) is 6.88. The lowest BCUT2D eigenvalue weighted by molar-refractivity contribution is -0.342. The van der Waals surface area contributed by atoms with Gasteiger partial charge in [0, 0.05) is 26.4 Å². The Hall–Kier alpha value is -1.22. The maximum Gasteiger partial charge on any atom is 0.303 e. The van der Waals surface area contributed by atoms with Gasteiger partial charge in [-0.05, 0) is 19.8 Å². The molecule has 0 amide bonds. The molecule has 2 unspecified atom stereocenters. The van der Waals surface area contributed by atoms with Crippen molar-refractivity contribution in [3.05, 3.63) is 0 Å². The first-order valence-electron chi connectivity index (χ1n) is 9.49. The van der Waals surface area contributed by atoms with E-state index in [0.29, 0.717) is 26.4 Å². The molecular weight excluding hydrogens is 356 g/mol. The van der Waals surface area contributed by atoms with Crippen molar-refractivity contribution in [3.8, 4) is 0 Å². The third-order valence-corrected chi connectivity index (χ3v) is 4.73. The van der Waals surface area contributed by atoms with Gasteiger partial charge in [0.1, 0.15) is 6.61 Å². The summed E-state index contributed by atoms with van der Waals surface area (Å²) in [5.41, 5.74) is 0. The van der Waals surface area contributed by atoms with Gasteiger partial charge in [0.25, 0.3) is 0 Å². The van der Waals surface area contributed by atoms with Crippen molar-refractivity contribution in [3.63, 3.8) is 0 Å². The van der Waals surface area contributed by atoms with Crippen molar-refractivity contribution >= 4 is 11.9 Å². The zero-order chi connectivity index (χ0) is 20.4. The van der Waals surface area contributed by atoms with Crippen LogP contribution in [0.4, 0.5) is 0 Å². The van der Waals surface area contributed by atoms with Crippen molar-refractivity contribution in [1.29, 1.82) is 0 Å². The number of rotatable bonds is 11. The molecule has 0 radical (unpaired) electrons. The predicted molar refractivity (Wildman–Crippen MR) is 97.1 cm³/mol. The molecule has 0 aromatic heterocycles. The predicted octanol–water partition coefficient (Wildman–Crippen LogP) is 1.94. The highest BCUT2D eigenvalue weighted by atomic mass is 16.7. The fraction of sp³-hybridized carbons (Fsp3) is 0.895. The summed E-state index contributed by atoms with van der Waals surface area (Å²) in [5, 5.41) is 0. The van der Waals surface area contributed by atoms with E-state index < -0.39 is 17.9 Å². The van der Waals surface area contributed by atoms with E-state index in [0.717, 1.165) is 0 Å². The van der Waals surface area contributed by atoms with Crippen LogP contribution in [-0.2, 0) is 38.0 Å². The Bertz CT molecular complexity index is 467. The van der Waals surface area contributed by atoms with Crippen molar-refractivity contribution in [2.24, 2.45) is 11.8 Å². The smallest absolute Gasteiger partial charge is 0.303 e. The van der Waals surface area contributed by atoms with Crippen molar-refractivity contribution in [2.45, 2.75) is 59.5 Å². The zero-order valence-corrected chi connectivity index (χ0v) is 17.3. The summed E-state index contributed by atoms with van der Waals surface area (Å²) in [7, 11) is 0. The van der Waals surface area contributed by atoms with E-state index in [2.05, 4.69) is 0 Å².